The van der Waals surface area contributed by atoms with E-state index in [1.165, 1.54) is 19.6 Å². The van der Waals surface area contributed by atoms with Crippen molar-refractivity contribution >= 4 is 11.9 Å². The number of likely N-dealkylation sites (N-methyl/N-ethyl adjacent to an activating group) is 1. The highest BCUT2D eigenvalue weighted by Crippen LogP contribution is 1.96. The molecule has 0 aromatic carbocycles. The number of amides is 1. The number of aromatic nitrogens is 2. The lowest BCUT2D eigenvalue weighted by Crippen LogP contribution is -2.32. The highest BCUT2D eigenvalue weighted by atomic mass is 16.4. The van der Waals surface area contributed by atoms with Gasteiger partial charge in [-0.05, 0) is 0 Å². The van der Waals surface area contributed by atoms with Crippen molar-refractivity contribution in [1.82, 2.24) is 14.9 Å². The maximum absolute atomic E-state index is 11.3. The minimum atomic E-state index is -1.05. The lowest BCUT2D eigenvalue weighted by Gasteiger charge is -2.12. The van der Waals surface area contributed by atoms with E-state index in [-0.39, 0.29) is 18.1 Å². The Balaban J connectivity index is 2.63. The average molecular weight is 183 g/mol. The SMILES string of the molecule is CN(CC(=O)O)C(=O)c1cnc[nH]1. The van der Waals surface area contributed by atoms with Gasteiger partial charge in [-0.3, -0.25) is 9.59 Å². The van der Waals surface area contributed by atoms with E-state index >= 15 is 0 Å². The summed E-state index contributed by atoms with van der Waals surface area (Å²) in [5.41, 5.74) is 0.281. The number of rotatable bonds is 3. The average Bonchev–Trinajstić information content (AvgIpc) is 2.53. The van der Waals surface area contributed by atoms with Gasteiger partial charge in [0, 0.05) is 7.05 Å². The maximum Gasteiger partial charge on any atom is 0.323 e. The number of hydrogen-bond donors (Lipinski definition) is 2. The molecule has 13 heavy (non-hydrogen) atoms. The second-order valence-electron chi connectivity index (χ2n) is 2.52. The number of aliphatic carboxylic acids is 1. The molecule has 70 valence electrons. The van der Waals surface area contributed by atoms with Crippen LogP contribution in [0, 0.1) is 0 Å². The van der Waals surface area contributed by atoms with Crippen LogP contribution in [-0.2, 0) is 4.79 Å². The number of hydrogen-bond acceptors (Lipinski definition) is 3. The number of imidazole rings is 1. The lowest BCUT2D eigenvalue weighted by molar-refractivity contribution is -0.137. The first-order chi connectivity index (χ1) is 6.11. The van der Waals surface area contributed by atoms with Gasteiger partial charge in [-0.15, -0.1) is 0 Å². The molecule has 1 aromatic rings. The van der Waals surface area contributed by atoms with Crippen molar-refractivity contribution in [2.24, 2.45) is 0 Å². The zero-order valence-electron chi connectivity index (χ0n) is 7.02. The minimum absolute atomic E-state index is 0.281. The highest BCUT2D eigenvalue weighted by Gasteiger charge is 2.14. The Labute approximate surface area is 74.2 Å². The largest absolute Gasteiger partial charge is 0.480 e. The van der Waals surface area contributed by atoms with Crippen LogP contribution >= 0.6 is 0 Å². The van der Waals surface area contributed by atoms with E-state index in [1.54, 1.807) is 0 Å². The van der Waals surface area contributed by atoms with Crippen LogP contribution in [0.25, 0.3) is 0 Å². The standard InChI is InChI=1S/C7H9N3O3/c1-10(3-6(11)12)7(13)5-2-8-4-9-5/h2,4H,3H2,1H3,(H,8,9)(H,11,12). The van der Waals surface area contributed by atoms with Gasteiger partial charge in [-0.25, -0.2) is 4.98 Å². The molecule has 6 nitrogen and oxygen atoms in total. The van der Waals surface area contributed by atoms with Gasteiger partial charge in [-0.1, -0.05) is 0 Å². The highest BCUT2D eigenvalue weighted by molar-refractivity contribution is 5.93. The first-order valence-corrected chi connectivity index (χ1v) is 3.57. The second kappa shape index (κ2) is 3.70. The number of carbonyl (C=O) groups excluding carboxylic acids is 1. The first kappa shape index (κ1) is 9.24. The molecule has 0 aliphatic carbocycles. The molecule has 0 radical (unpaired) electrons. The summed E-state index contributed by atoms with van der Waals surface area (Å²) in [4.78, 5) is 28.9. The Hall–Kier alpha value is -1.85. The number of nitrogens with zero attached hydrogens (tertiary/aromatic N) is 2. The number of H-pyrrole nitrogens is 1. The Morgan fingerprint density at radius 1 is 1.69 bits per heavy atom. The fourth-order valence-electron chi connectivity index (χ4n) is 0.853. The van der Waals surface area contributed by atoms with E-state index in [0.29, 0.717) is 0 Å². The third-order valence-electron chi connectivity index (χ3n) is 1.45. The molecule has 0 fully saturated rings. The van der Waals surface area contributed by atoms with Gasteiger partial charge in [0.15, 0.2) is 0 Å². The van der Waals surface area contributed by atoms with Crippen molar-refractivity contribution in [3.63, 3.8) is 0 Å². The molecule has 0 bridgehead atoms. The van der Waals surface area contributed by atoms with Crippen LogP contribution in [-0.4, -0.2) is 45.4 Å². The van der Waals surface area contributed by atoms with Crippen LogP contribution in [0.4, 0.5) is 0 Å². The van der Waals surface area contributed by atoms with Crippen molar-refractivity contribution in [1.29, 1.82) is 0 Å². The molecule has 0 aliphatic rings. The minimum Gasteiger partial charge on any atom is -0.480 e. The summed E-state index contributed by atoms with van der Waals surface area (Å²) >= 11 is 0. The Kier molecular flexibility index (Phi) is 2.63. The smallest absolute Gasteiger partial charge is 0.323 e. The number of carboxylic acid groups (broad SMARTS) is 1. The third-order valence-corrected chi connectivity index (χ3v) is 1.45. The molecule has 1 amide bonds. The quantitative estimate of drug-likeness (QED) is 0.665. The predicted molar refractivity (Wildman–Crippen MR) is 43.2 cm³/mol. The summed E-state index contributed by atoms with van der Waals surface area (Å²) in [6.45, 7) is -0.322. The van der Waals surface area contributed by atoms with E-state index in [0.717, 1.165) is 4.90 Å². The van der Waals surface area contributed by atoms with Gasteiger partial charge < -0.3 is 15.0 Å². The second-order valence-corrected chi connectivity index (χ2v) is 2.52. The van der Waals surface area contributed by atoms with Crippen molar-refractivity contribution in [3.8, 4) is 0 Å². The van der Waals surface area contributed by atoms with Crippen LogP contribution in [0.3, 0.4) is 0 Å². The van der Waals surface area contributed by atoms with Crippen molar-refractivity contribution in [2.45, 2.75) is 0 Å². The van der Waals surface area contributed by atoms with Gasteiger partial charge in [0.2, 0.25) is 0 Å². The number of nitrogens with one attached hydrogen (secondary N) is 1. The molecular formula is C7H9N3O3. The number of aromatic amines is 1. The van der Waals surface area contributed by atoms with Crippen LogP contribution in [0.5, 0.6) is 0 Å². The van der Waals surface area contributed by atoms with Crippen molar-refractivity contribution in [3.05, 3.63) is 18.2 Å². The van der Waals surface area contributed by atoms with Gasteiger partial charge in [0.05, 0.1) is 12.5 Å². The van der Waals surface area contributed by atoms with Crippen molar-refractivity contribution < 1.29 is 14.7 Å². The Morgan fingerprint density at radius 3 is 2.85 bits per heavy atom. The van der Waals surface area contributed by atoms with Gasteiger partial charge >= 0.3 is 5.97 Å². The lowest BCUT2D eigenvalue weighted by atomic mass is 10.4. The van der Waals surface area contributed by atoms with E-state index in [4.69, 9.17) is 5.11 Å². The summed E-state index contributed by atoms with van der Waals surface area (Å²) in [6, 6.07) is 0. The zero-order chi connectivity index (χ0) is 9.84. The summed E-state index contributed by atoms with van der Waals surface area (Å²) < 4.78 is 0. The maximum atomic E-state index is 11.3. The predicted octanol–water partition coefficient (Wildman–Crippen LogP) is -0.434. The molecule has 0 spiro atoms. The summed E-state index contributed by atoms with van der Waals surface area (Å²) in [6.07, 6.45) is 2.71. The molecule has 0 unspecified atom stereocenters. The van der Waals surface area contributed by atoms with Crippen LogP contribution in [0.2, 0.25) is 0 Å². The topological polar surface area (TPSA) is 86.3 Å². The fourth-order valence-corrected chi connectivity index (χ4v) is 0.853. The molecule has 1 aromatic heterocycles. The summed E-state index contributed by atoms with van der Waals surface area (Å²) in [5.74, 6) is -1.43. The van der Waals surface area contributed by atoms with Gasteiger partial charge in [0.1, 0.15) is 12.2 Å². The Morgan fingerprint density at radius 2 is 2.38 bits per heavy atom. The molecular weight excluding hydrogens is 174 g/mol. The monoisotopic (exact) mass is 183 g/mol. The van der Waals surface area contributed by atoms with Crippen molar-refractivity contribution in [2.75, 3.05) is 13.6 Å². The molecule has 0 aliphatic heterocycles. The fraction of sp³-hybridized carbons (Fsp3) is 0.286. The van der Waals surface area contributed by atoms with Crippen LogP contribution < -0.4 is 0 Å². The molecule has 6 heteroatoms. The van der Waals surface area contributed by atoms with E-state index < -0.39 is 5.97 Å². The molecule has 2 N–H and O–H groups in total. The van der Waals surface area contributed by atoms with Crippen LogP contribution in [0.15, 0.2) is 12.5 Å². The Bertz CT molecular complexity index is 307. The van der Waals surface area contributed by atoms with E-state index in [9.17, 15) is 9.59 Å². The number of carboxylic acids is 1. The molecule has 0 saturated carbocycles. The normalized spacial score (nSPS) is 9.62. The molecule has 0 saturated heterocycles. The summed E-state index contributed by atoms with van der Waals surface area (Å²) in [5, 5.41) is 8.41. The molecule has 0 atom stereocenters. The van der Waals surface area contributed by atoms with E-state index in [2.05, 4.69) is 9.97 Å². The molecule has 1 rings (SSSR count). The van der Waals surface area contributed by atoms with Gasteiger partial charge in [0.25, 0.3) is 5.91 Å². The molecule has 1 heterocycles. The van der Waals surface area contributed by atoms with Crippen LogP contribution in [0.1, 0.15) is 10.5 Å². The number of carbonyl (C=O) groups is 2. The first-order valence-electron chi connectivity index (χ1n) is 3.57. The van der Waals surface area contributed by atoms with Gasteiger partial charge in [-0.2, -0.15) is 0 Å². The van der Waals surface area contributed by atoms with E-state index in [1.807, 2.05) is 0 Å². The zero-order valence-corrected chi connectivity index (χ0v) is 7.02. The summed E-state index contributed by atoms with van der Waals surface area (Å²) in [7, 11) is 1.41. The third kappa shape index (κ3) is 2.29.